The molecule has 1 N–H and O–H groups in total. The van der Waals surface area contributed by atoms with E-state index in [1.165, 1.54) is 18.4 Å². The molecule has 0 radical (unpaired) electrons. The standard InChI is InChI=1S/C15H26O/c1-11-7-9-14(3,4)13-6-5-12(2)15(13,16)10-8-11/h7,12-13,16H,5-6,8-10H2,1-4H3/t12-,13+,15+/m1/s1. The summed E-state index contributed by atoms with van der Waals surface area (Å²) in [6.07, 6.45) is 7.96. The molecule has 1 heteroatoms. The summed E-state index contributed by atoms with van der Waals surface area (Å²) in [6.45, 7) is 9.10. The van der Waals surface area contributed by atoms with Crippen LogP contribution in [0.4, 0.5) is 0 Å². The van der Waals surface area contributed by atoms with Crippen LogP contribution in [0.25, 0.3) is 0 Å². The van der Waals surface area contributed by atoms with Crippen LogP contribution < -0.4 is 0 Å². The molecule has 0 saturated heterocycles. The average Bonchev–Trinajstić information content (AvgIpc) is 2.50. The highest BCUT2D eigenvalue weighted by Gasteiger charge is 2.52. The summed E-state index contributed by atoms with van der Waals surface area (Å²) in [6, 6.07) is 0. The van der Waals surface area contributed by atoms with Crippen LogP contribution >= 0.6 is 0 Å². The van der Waals surface area contributed by atoms with Gasteiger partial charge in [-0.05, 0) is 56.3 Å². The van der Waals surface area contributed by atoms with Crippen molar-refractivity contribution in [2.45, 2.75) is 65.4 Å². The highest BCUT2D eigenvalue weighted by molar-refractivity contribution is 5.11. The van der Waals surface area contributed by atoms with E-state index < -0.39 is 5.60 Å². The van der Waals surface area contributed by atoms with Crippen LogP contribution in [0.2, 0.25) is 0 Å². The van der Waals surface area contributed by atoms with Gasteiger partial charge in [0.1, 0.15) is 0 Å². The van der Waals surface area contributed by atoms with Crippen molar-refractivity contribution in [3.63, 3.8) is 0 Å². The first-order chi connectivity index (χ1) is 7.36. The third kappa shape index (κ3) is 1.84. The Balaban J connectivity index is 2.34. The topological polar surface area (TPSA) is 20.2 Å². The molecule has 2 aliphatic carbocycles. The molecule has 1 saturated carbocycles. The predicted molar refractivity (Wildman–Crippen MR) is 68.2 cm³/mol. The zero-order chi connectivity index (χ0) is 12.0. The third-order valence-corrected chi connectivity index (χ3v) is 5.18. The molecule has 0 aliphatic heterocycles. The molecule has 2 aliphatic rings. The van der Waals surface area contributed by atoms with E-state index in [9.17, 15) is 5.11 Å². The van der Waals surface area contributed by atoms with Crippen LogP contribution in [0.1, 0.15) is 59.8 Å². The van der Waals surface area contributed by atoms with Gasteiger partial charge in [0.25, 0.3) is 0 Å². The average molecular weight is 222 g/mol. The van der Waals surface area contributed by atoms with E-state index >= 15 is 0 Å². The van der Waals surface area contributed by atoms with E-state index in [0.29, 0.717) is 11.8 Å². The van der Waals surface area contributed by atoms with Crippen molar-refractivity contribution in [3.05, 3.63) is 11.6 Å². The van der Waals surface area contributed by atoms with Crippen molar-refractivity contribution in [2.24, 2.45) is 17.3 Å². The lowest BCUT2D eigenvalue weighted by atomic mass is 9.65. The number of rotatable bonds is 0. The van der Waals surface area contributed by atoms with E-state index in [1.54, 1.807) is 0 Å². The Morgan fingerprint density at radius 1 is 1.31 bits per heavy atom. The molecule has 16 heavy (non-hydrogen) atoms. The second-order valence-corrected chi connectivity index (χ2v) is 6.77. The summed E-state index contributed by atoms with van der Waals surface area (Å²) in [5.74, 6) is 0.960. The first-order valence-corrected chi connectivity index (χ1v) is 6.74. The predicted octanol–water partition coefficient (Wildman–Crippen LogP) is 3.92. The molecule has 0 spiro atoms. The number of fused-ring (bicyclic) bond motifs is 1. The van der Waals surface area contributed by atoms with Gasteiger partial charge in [-0.15, -0.1) is 0 Å². The highest BCUT2D eigenvalue weighted by atomic mass is 16.3. The van der Waals surface area contributed by atoms with Crippen LogP contribution in [0.15, 0.2) is 11.6 Å². The zero-order valence-electron chi connectivity index (χ0n) is 11.2. The molecular weight excluding hydrogens is 196 g/mol. The molecule has 1 nitrogen and oxygen atoms in total. The minimum atomic E-state index is -0.404. The van der Waals surface area contributed by atoms with Crippen LogP contribution in [-0.4, -0.2) is 10.7 Å². The van der Waals surface area contributed by atoms with Crippen LogP contribution in [-0.2, 0) is 0 Å². The quantitative estimate of drug-likeness (QED) is 0.616. The Morgan fingerprint density at radius 3 is 2.69 bits per heavy atom. The maximum Gasteiger partial charge on any atom is 0.0709 e. The molecule has 2 rings (SSSR count). The summed E-state index contributed by atoms with van der Waals surface area (Å²) in [5, 5.41) is 11.0. The number of hydrogen-bond donors (Lipinski definition) is 1. The van der Waals surface area contributed by atoms with E-state index in [1.807, 2.05) is 0 Å². The Kier molecular flexibility index (Phi) is 2.94. The molecule has 0 heterocycles. The molecule has 0 unspecified atom stereocenters. The van der Waals surface area contributed by atoms with Gasteiger partial charge in [-0.25, -0.2) is 0 Å². The molecule has 0 amide bonds. The number of allylic oxidation sites excluding steroid dienone is 2. The van der Waals surface area contributed by atoms with Gasteiger partial charge in [0.15, 0.2) is 0 Å². The van der Waals surface area contributed by atoms with E-state index in [-0.39, 0.29) is 5.41 Å². The second-order valence-electron chi connectivity index (χ2n) is 6.77. The maximum absolute atomic E-state index is 11.0. The van der Waals surface area contributed by atoms with Crippen molar-refractivity contribution in [2.75, 3.05) is 0 Å². The molecule has 0 aromatic carbocycles. The lowest BCUT2D eigenvalue weighted by Gasteiger charge is -2.44. The molecule has 0 aromatic rings. The Morgan fingerprint density at radius 2 is 2.00 bits per heavy atom. The summed E-state index contributed by atoms with van der Waals surface area (Å²) < 4.78 is 0. The molecule has 0 aromatic heterocycles. The third-order valence-electron chi connectivity index (χ3n) is 5.18. The smallest absolute Gasteiger partial charge is 0.0709 e. The lowest BCUT2D eigenvalue weighted by molar-refractivity contribution is -0.0779. The molecule has 1 fully saturated rings. The summed E-state index contributed by atoms with van der Waals surface area (Å²) >= 11 is 0. The molecular formula is C15H26O. The fraction of sp³-hybridized carbons (Fsp3) is 0.867. The van der Waals surface area contributed by atoms with Gasteiger partial charge in [-0.3, -0.25) is 0 Å². The first kappa shape index (κ1) is 12.2. The Hall–Kier alpha value is -0.300. The highest BCUT2D eigenvalue weighted by Crippen LogP contribution is 2.53. The van der Waals surface area contributed by atoms with Crippen molar-refractivity contribution in [1.82, 2.24) is 0 Å². The van der Waals surface area contributed by atoms with Crippen molar-refractivity contribution in [1.29, 1.82) is 0 Å². The SMILES string of the molecule is CC1=CCC(C)(C)[C@@H]2CC[C@@H](C)[C@@]2(O)CC1. The summed E-state index contributed by atoms with van der Waals surface area (Å²) in [7, 11) is 0. The number of hydrogen-bond acceptors (Lipinski definition) is 1. The van der Waals surface area contributed by atoms with Gasteiger partial charge in [0.05, 0.1) is 5.60 Å². The first-order valence-electron chi connectivity index (χ1n) is 6.74. The minimum absolute atomic E-state index is 0.251. The normalized spacial score (nSPS) is 43.2. The van der Waals surface area contributed by atoms with Crippen LogP contribution in [0.5, 0.6) is 0 Å². The largest absolute Gasteiger partial charge is 0.389 e. The van der Waals surface area contributed by atoms with Crippen molar-refractivity contribution >= 4 is 0 Å². The monoisotopic (exact) mass is 222 g/mol. The van der Waals surface area contributed by atoms with Gasteiger partial charge in [0.2, 0.25) is 0 Å². The van der Waals surface area contributed by atoms with Gasteiger partial charge < -0.3 is 5.11 Å². The maximum atomic E-state index is 11.0. The van der Waals surface area contributed by atoms with E-state index in [2.05, 4.69) is 33.8 Å². The minimum Gasteiger partial charge on any atom is -0.389 e. The Labute approximate surface area is 99.9 Å². The number of aliphatic hydroxyl groups is 1. The van der Waals surface area contributed by atoms with E-state index in [0.717, 1.165) is 19.3 Å². The fourth-order valence-corrected chi connectivity index (χ4v) is 3.83. The summed E-state index contributed by atoms with van der Waals surface area (Å²) in [5.41, 5.74) is 1.30. The Bertz CT molecular complexity index is 303. The molecule has 0 bridgehead atoms. The van der Waals surface area contributed by atoms with Gasteiger partial charge in [-0.1, -0.05) is 32.4 Å². The molecule has 3 atom stereocenters. The van der Waals surface area contributed by atoms with Gasteiger partial charge in [-0.2, -0.15) is 0 Å². The van der Waals surface area contributed by atoms with Gasteiger partial charge >= 0.3 is 0 Å². The zero-order valence-corrected chi connectivity index (χ0v) is 11.2. The van der Waals surface area contributed by atoms with Gasteiger partial charge in [0, 0.05) is 0 Å². The molecule has 92 valence electrons. The van der Waals surface area contributed by atoms with Crippen LogP contribution in [0.3, 0.4) is 0 Å². The lowest BCUT2D eigenvalue weighted by Crippen LogP contribution is -2.45. The van der Waals surface area contributed by atoms with Crippen molar-refractivity contribution in [3.8, 4) is 0 Å². The van der Waals surface area contributed by atoms with Crippen molar-refractivity contribution < 1.29 is 5.11 Å². The fourth-order valence-electron chi connectivity index (χ4n) is 3.83. The van der Waals surface area contributed by atoms with Crippen LogP contribution in [0, 0.1) is 17.3 Å². The second kappa shape index (κ2) is 3.87. The summed E-state index contributed by atoms with van der Waals surface area (Å²) in [4.78, 5) is 0. The van der Waals surface area contributed by atoms with E-state index in [4.69, 9.17) is 0 Å².